The first kappa shape index (κ1) is 19.4. The quantitative estimate of drug-likeness (QED) is 0.496. The highest BCUT2D eigenvalue weighted by atomic mass is 19.4. The van der Waals surface area contributed by atoms with Crippen molar-refractivity contribution < 1.29 is 22.7 Å². The number of methoxy groups -OCH3 is 1. The Bertz CT molecular complexity index is 1220. The molecule has 0 spiro atoms. The van der Waals surface area contributed by atoms with Gasteiger partial charge in [-0.2, -0.15) is 18.2 Å². The first-order valence-corrected chi connectivity index (χ1v) is 8.70. The van der Waals surface area contributed by atoms with Crippen LogP contribution < -0.4 is 10.1 Å². The molecule has 30 heavy (non-hydrogen) atoms. The number of benzene rings is 1. The summed E-state index contributed by atoms with van der Waals surface area (Å²) in [5.41, 5.74) is 0.648. The summed E-state index contributed by atoms with van der Waals surface area (Å²) < 4.78 is 44.5. The maximum atomic E-state index is 12.9. The standard InChI is InChI=1S/C20H14F3N5O2/c1-30-17-11-12(9-10-24-17)18(29)15-3-2-4-16-26-19(27-28(15)16)25-14-7-5-13(6-8-14)20(21,22)23/h2-11H,1H3,(H,25,27). The lowest BCUT2D eigenvalue weighted by atomic mass is 10.1. The van der Waals surface area contributed by atoms with E-state index < -0.39 is 11.7 Å². The summed E-state index contributed by atoms with van der Waals surface area (Å²) in [5.74, 6) is 0.130. The number of hydrogen-bond donors (Lipinski definition) is 1. The molecular formula is C20H14F3N5O2. The third-order valence-corrected chi connectivity index (χ3v) is 4.27. The third-order valence-electron chi connectivity index (χ3n) is 4.27. The smallest absolute Gasteiger partial charge is 0.416 e. The Balaban J connectivity index is 1.64. The van der Waals surface area contributed by atoms with Crippen molar-refractivity contribution in [3.05, 3.63) is 77.6 Å². The fourth-order valence-electron chi connectivity index (χ4n) is 2.81. The summed E-state index contributed by atoms with van der Waals surface area (Å²) in [6.07, 6.45) is -2.95. The summed E-state index contributed by atoms with van der Waals surface area (Å²) in [5, 5.41) is 7.12. The molecule has 0 saturated heterocycles. The van der Waals surface area contributed by atoms with Crippen LogP contribution in [0.25, 0.3) is 5.65 Å². The molecule has 3 heterocycles. The molecule has 0 atom stereocenters. The van der Waals surface area contributed by atoms with Gasteiger partial charge >= 0.3 is 6.18 Å². The van der Waals surface area contributed by atoms with Gasteiger partial charge in [0.25, 0.3) is 0 Å². The van der Waals surface area contributed by atoms with Crippen molar-refractivity contribution in [2.45, 2.75) is 6.18 Å². The molecule has 1 N–H and O–H groups in total. The summed E-state index contributed by atoms with van der Waals surface area (Å²) in [6.45, 7) is 0. The molecular weight excluding hydrogens is 399 g/mol. The number of ether oxygens (including phenoxy) is 1. The van der Waals surface area contributed by atoms with Crippen LogP contribution in [0.1, 0.15) is 21.6 Å². The van der Waals surface area contributed by atoms with E-state index in [4.69, 9.17) is 4.74 Å². The van der Waals surface area contributed by atoms with Crippen LogP contribution in [-0.4, -0.2) is 32.5 Å². The average molecular weight is 413 g/mol. The van der Waals surface area contributed by atoms with E-state index in [2.05, 4.69) is 20.4 Å². The SMILES string of the molecule is COc1cc(C(=O)c2cccc3nc(Nc4ccc(C(F)(F)F)cc4)nn23)ccn1. The van der Waals surface area contributed by atoms with Gasteiger partial charge in [-0.25, -0.2) is 9.50 Å². The number of pyridine rings is 2. The second-order valence-electron chi connectivity index (χ2n) is 6.23. The first-order chi connectivity index (χ1) is 14.3. The molecule has 7 nitrogen and oxygen atoms in total. The first-order valence-electron chi connectivity index (χ1n) is 8.70. The molecule has 0 aliphatic carbocycles. The monoisotopic (exact) mass is 413 g/mol. The second kappa shape index (κ2) is 7.47. The fourth-order valence-corrected chi connectivity index (χ4v) is 2.81. The Labute approximate surface area is 168 Å². The molecule has 0 aliphatic rings. The van der Waals surface area contributed by atoms with Gasteiger partial charge in [0.05, 0.1) is 12.7 Å². The normalized spacial score (nSPS) is 11.5. The highest BCUT2D eigenvalue weighted by molar-refractivity contribution is 6.08. The van der Waals surface area contributed by atoms with Gasteiger partial charge in [0.1, 0.15) is 5.69 Å². The Kier molecular flexibility index (Phi) is 4.82. The largest absolute Gasteiger partial charge is 0.481 e. The van der Waals surface area contributed by atoms with Gasteiger partial charge in [0.15, 0.2) is 5.65 Å². The van der Waals surface area contributed by atoms with E-state index >= 15 is 0 Å². The van der Waals surface area contributed by atoms with Crippen LogP contribution in [0.4, 0.5) is 24.8 Å². The van der Waals surface area contributed by atoms with E-state index in [9.17, 15) is 18.0 Å². The zero-order valence-corrected chi connectivity index (χ0v) is 15.5. The van der Waals surface area contributed by atoms with Gasteiger partial charge in [-0.15, -0.1) is 5.10 Å². The summed E-state index contributed by atoms with van der Waals surface area (Å²) >= 11 is 0. The predicted octanol–water partition coefficient (Wildman–Crippen LogP) is 4.13. The van der Waals surface area contributed by atoms with Crippen molar-refractivity contribution in [2.75, 3.05) is 12.4 Å². The van der Waals surface area contributed by atoms with Crippen molar-refractivity contribution in [3.8, 4) is 5.88 Å². The molecule has 4 aromatic rings. The van der Waals surface area contributed by atoms with Gasteiger partial charge in [-0.1, -0.05) is 6.07 Å². The molecule has 0 bridgehead atoms. The number of nitrogens with zero attached hydrogens (tertiary/aromatic N) is 4. The van der Waals surface area contributed by atoms with Crippen LogP contribution >= 0.6 is 0 Å². The van der Waals surface area contributed by atoms with Gasteiger partial charge < -0.3 is 10.1 Å². The van der Waals surface area contributed by atoms with E-state index in [0.717, 1.165) is 12.1 Å². The number of carbonyl (C=O) groups excluding carboxylic acids is 1. The van der Waals surface area contributed by atoms with E-state index in [1.165, 1.54) is 36.0 Å². The van der Waals surface area contributed by atoms with Crippen molar-refractivity contribution >= 4 is 23.1 Å². The van der Waals surface area contributed by atoms with Crippen LogP contribution in [0.5, 0.6) is 5.88 Å². The van der Waals surface area contributed by atoms with E-state index in [1.807, 2.05) is 0 Å². The third kappa shape index (κ3) is 3.79. The Hall–Kier alpha value is -3.95. The molecule has 0 saturated carbocycles. The minimum absolute atomic E-state index is 0.141. The highest BCUT2D eigenvalue weighted by Crippen LogP contribution is 2.30. The lowest BCUT2D eigenvalue weighted by Gasteiger charge is -2.07. The molecule has 4 rings (SSSR count). The fraction of sp³-hybridized carbons (Fsp3) is 0.100. The maximum absolute atomic E-state index is 12.9. The summed E-state index contributed by atoms with van der Waals surface area (Å²) in [7, 11) is 1.45. The number of halogens is 3. The summed E-state index contributed by atoms with van der Waals surface area (Å²) in [6, 6.07) is 12.5. The van der Waals surface area contributed by atoms with E-state index in [0.29, 0.717) is 22.8 Å². The zero-order chi connectivity index (χ0) is 21.3. The van der Waals surface area contributed by atoms with Gasteiger partial charge in [-0.3, -0.25) is 4.79 Å². The van der Waals surface area contributed by atoms with Crippen molar-refractivity contribution in [2.24, 2.45) is 0 Å². The molecule has 0 amide bonds. The van der Waals surface area contributed by atoms with Gasteiger partial charge in [0, 0.05) is 23.5 Å². The number of alkyl halides is 3. The average Bonchev–Trinajstić information content (AvgIpc) is 3.15. The van der Waals surface area contributed by atoms with Crippen molar-refractivity contribution in [1.29, 1.82) is 0 Å². The van der Waals surface area contributed by atoms with E-state index in [1.54, 1.807) is 24.3 Å². The number of carbonyl (C=O) groups is 1. The van der Waals surface area contributed by atoms with Crippen molar-refractivity contribution in [1.82, 2.24) is 19.6 Å². The second-order valence-corrected chi connectivity index (χ2v) is 6.23. The molecule has 0 fully saturated rings. The van der Waals surface area contributed by atoms with Crippen LogP contribution in [0.3, 0.4) is 0 Å². The minimum Gasteiger partial charge on any atom is -0.481 e. The molecule has 152 valence electrons. The topological polar surface area (TPSA) is 81.4 Å². The molecule has 1 aromatic carbocycles. The van der Waals surface area contributed by atoms with Crippen LogP contribution in [-0.2, 0) is 6.18 Å². The molecule has 3 aromatic heterocycles. The molecule has 0 aliphatic heterocycles. The van der Waals surface area contributed by atoms with Crippen LogP contribution in [0, 0.1) is 0 Å². The zero-order valence-electron chi connectivity index (χ0n) is 15.5. The van der Waals surface area contributed by atoms with Gasteiger partial charge in [0.2, 0.25) is 17.6 Å². The lowest BCUT2D eigenvalue weighted by molar-refractivity contribution is -0.137. The van der Waals surface area contributed by atoms with E-state index in [-0.39, 0.29) is 17.4 Å². The van der Waals surface area contributed by atoms with Crippen molar-refractivity contribution in [3.63, 3.8) is 0 Å². The van der Waals surface area contributed by atoms with Crippen LogP contribution in [0.15, 0.2) is 60.8 Å². The minimum atomic E-state index is -4.41. The maximum Gasteiger partial charge on any atom is 0.416 e. The predicted molar refractivity (Wildman–Crippen MR) is 102 cm³/mol. The number of ketones is 1. The number of nitrogens with one attached hydrogen (secondary N) is 1. The number of aromatic nitrogens is 4. The number of fused-ring (bicyclic) bond motifs is 1. The Morgan fingerprint density at radius 2 is 1.87 bits per heavy atom. The molecule has 10 heteroatoms. The lowest BCUT2D eigenvalue weighted by Crippen LogP contribution is -2.09. The Morgan fingerprint density at radius 1 is 1.10 bits per heavy atom. The summed E-state index contributed by atoms with van der Waals surface area (Å²) in [4.78, 5) is 21.2. The van der Waals surface area contributed by atoms with Crippen LogP contribution in [0.2, 0.25) is 0 Å². The van der Waals surface area contributed by atoms with Gasteiger partial charge in [-0.05, 0) is 42.5 Å². The molecule has 0 radical (unpaired) electrons. The molecule has 0 unspecified atom stereocenters. The number of anilines is 2. The number of rotatable bonds is 5. The Morgan fingerprint density at radius 3 is 2.57 bits per heavy atom. The highest BCUT2D eigenvalue weighted by Gasteiger charge is 2.30. The number of hydrogen-bond acceptors (Lipinski definition) is 6.